The SMILES string of the molecule is CC1(c2cccs2)OC=CO1. The zero-order chi connectivity index (χ0) is 7.73. The molecule has 0 saturated carbocycles. The molecule has 0 spiro atoms. The first-order chi connectivity index (χ1) is 5.31. The molecule has 1 aliphatic heterocycles. The fourth-order valence-corrected chi connectivity index (χ4v) is 1.77. The summed E-state index contributed by atoms with van der Waals surface area (Å²) in [6.07, 6.45) is 3.14. The van der Waals surface area contributed by atoms with Crippen molar-refractivity contribution in [1.29, 1.82) is 0 Å². The van der Waals surface area contributed by atoms with Crippen LogP contribution in [0, 0.1) is 0 Å². The van der Waals surface area contributed by atoms with Crippen LogP contribution in [-0.2, 0) is 15.3 Å². The Labute approximate surface area is 69.1 Å². The van der Waals surface area contributed by atoms with Crippen LogP contribution in [0.15, 0.2) is 30.0 Å². The minimum atomic E-state index is -0.575. The van der Waals surface area contributed by atoms with Crippen molar-refractivity contribution in [2.45, 2.75) is 12.7 Å². The second-order valence-electron chi connectivity index (χ2n) is 2.43. The molecule has 0 atom stereocenters. The number of rotatable bonds is 1. The highest BCUT2D eigenvalue weighted by Crippen LogP contribution is 2.33. The fraction of sp³-hybridized carbons (Fsp3) is 0.250. The number of thiophene rings is 1. The second kappa shape index (κ2) is 2.27. The van der Waals surface area contributed by atoms with Gasteiger partial charge in [0.25, 0.3) is 5.79 Å². The van der Waals surface area contributed by atoms with E-state index in [9.17, 15) is 0 Å². The maximum atomic E-state index is 5.29. The molecule has 11 heavy (non-hydrogen) atoms. The molecule has 0 unspecified atom stereocenters. The van der Waals surface area contributed by atoms with Crippen molar-refractivity contribution in [2.75, 3.05) is 0 Å². The molecular weight excluding hydrogens is 160 g/mol. The number of hydrogen-bond acceptors (Lipinski definition) is 3. The zero-order valence-corrected chi connectivity index (χ0v) is 6.93. The lowest BCUT2D eigenvalue weighted by Crippen LogP contribution is -2.20. The minimum Gasteiger partial charge on any atom is -0.452 e. The number of ether oxygens (including phenoxy) is 2. The van der Waals surface area contributed by atoms with Crippen LogP contribution in [0.5, 0.6) is 0 Å². The van der Waals surface area contributed by atoms with E-state index in [1.807, 2.05) is 24.4 Å². The first-order valence-electron chi connectivity index (χ1n) is 3.36. The van der Waals surface area contributed by atoms with Crippen LogP contribution in [-0.4, -0.2) is 0 Å². The van der Waals surface area contributed by atoms with Crippen LogP contribution in [0.2, 0.25) is 0 Å². The van der Waals surface area contributed by atoms with E-state index in [2.05, 4.69) is 0 Å². The predicted octanol–water partition coefficient (Wildman–Crippen LogP) is 2.44. The van der Waals surface area contributed by atoms with Gasteiger partial charge in [-0.2, -0.15) is 0 Å². The second-order valence-corrected chi connectivity index (χ2v) is 3.38. The van der Waals surface area contributed by atoms with Gasteiger partial charge in [0.1, 0.15) is 12.5 Å². The topological polar surface area (TPSA) is 18.5 Å². The lowest BCUT2D eigenvalue weighted by molar-refractivity contribution is -0.130. The molecule has 0 aliphatic carbocycles. The third-order valence-corrected chi connectivity index (χ3v) is 2.66. The smallest absolute Gasteiger partial charge is 0.283 e. The fourth-order valence-electron chi connectivity index (χ4n) is 0.996. The van der Waals surface area contributed by atoms with E-state index < -0.39 is 5.79 Å². The van der Waals surface area contributed by atoms with E-state index in [4.69, 9.17) is 9.47 Å². The summed E-state index contributed by atoms with van der Waals surface area (Å²) in [5.74, 6) is -0.575. The third-order valence-electron chi connectivity index (χ3n) is 1.61. The van der Waals surface area contributed by atoms with E-state index >= 15 is 0 Å². The van der Waals surface area contributed by atoms with E-state index in [1.165, 1.54) is 0 Å². The molecule has 1 aromatic heterocycles. The molecule has 0 saturated heterocycles. The third kappa shape index (κ3) is 1.01. The van der Waals surface area contributed by atoms with E-state index in [-0.39, 0.29) is 0 Å². The largest absolute Gasteiger partial charge is 0.452 e. The molecule has 3 heteroatoms. The van der Waals surface area contributed by atoms with Gasteiger partial charge in [-0.1, -0.05) is 6.07 Å². The number of hydrogen-bond donors (Lipinski definition) is 0. The molecule has 2 heterocycles. The monoisotopic (exact) mass is 168 g/mol. The molecule has 2 nitrogen and oxygen atoms in total. The van der Waals surface area contributed by atoms with Crippen molar-refractivity contribution in [1.82, 2.24) is 0 Å². The maximum absolute atomic E-state index is 5.29. The van der Waals surface area contributed by atoms with Crippen molar-refractivity contribution >= 4 is 11.3 Å². The predicted molar refractivity (Wildman–Crippen MR) is 43.0 cm³/mol. The molecule has 2 rings (SSSR count). The Morgan fingerprint density at radius 1 is 1.36 bits per heavy atom. The Kier molecular flexibility index (Phi) is 1.39. The molecule has 0 aromatic carbocycles. The van der Waals surface area contributed by atoms with Gasteiger partial charge in [0, 0.05) is 6.92 Å². The van der Waals surface area contributed by atoms with Gasteiger partial charge >= 0.3 is 0 Å². The molecule has 0 fully saturated rings. The molecule has 58 valence electrons. The minimum absolute atomic E-state index is 0.575. The average Bonchev–Trinajstić information content (AvgIpc) is 2.55. The van der Waals surface area contributed by atoms with Crippen LogP contribution in [0.4, 0.5) is 0 Å². The zero-order valence-electron chi connectivity index (χ0n) is 6.11. The van der Waals surface area contributed by atoms with Crippen molar-refractivity contribution in [2.24, 2.45) is 0 Å². The average molecular weight is 168 g/mol. The van der Waals surface area contributed by atoms with Gasteiger partial charge in [-0.25, -0.2) is 0 Å². The summed E-state index contributed by atoms with van der Waals surface area (Å²) >= 11 is 1.63. The highest BCUT2D eigenvalue weighted by atomic mass is 32.1. The quantitative estimate of drug-likeness (QED) is 0.641. The Morgan fingerprint density at radius 3 is 2.64 bits per heavy atom. The summed E-state index contributed by atoms with van der Waals surface area (Å²) in [5.41, 5.74) is 0. The maximum Gasteiger partial charge on any atom is 0.283 e. The van der Waals surface area contributed by atoms with Gasteiger partial charge in [-0.05, 0) is 11.4 Å². The van der Waals surface area contributed by atoms with Crippen LogP contribution in [0.1, 0.15) is 11.8 Å². The van der Waals surface area contributed by atoms with Gasteiger partial charge < -0.3 is 9.47 Å². The van der Waals surface area contributed by atoms with Gasteiger partial charge in [0.15, 0.2) is 0 Å². The highest BCUT2D eigenvalue weighted by Gasteiger charge is 2.32. The summed E-state index contributed by atoms with van der Waals surface area (Å²) in [4.78, 5) is 1.09. The molecule has 0 N–H and O–H groups in total. The van der Waals surface area contributed by atoms with Crippen molar-refractivity contribution in [3.63, 3.8) is 0 Å². The lowest BCUT2D eigenvalue weighted by atomic mass is 10.3. The normalized spacial score (nSPS) is 19.4. The first-order valence-corrected chi connectivity index (χ1v) is 4.24. The van der Waals surface area contributed by atoms with Crippen molar-refractivity contribution in [3.8, 4) is 0 Å². The highest BCUT2D eigenvalue weighted by molar-refractivity contribution is 7.10. The van der Waals surface area contributed by atoms with E-state index in [0.29, 0.717) is 0 Å². The summed E-state index contributed by atoms with van der Waals surface area (Å²) in [7, 11) is 0. The lowest BCUT2D eigenvalue weighted by Gasteiger charge is -2.20. The molecule has 0 amide bonds. The Bertz CT molecular complexity index is 256. The molecule has 0 radical (unpaired) electrons. The summed E-state index contributed by atoms with van der Waals surface area (Å²) in [6.45, 7) is 1.90. The summed E-state index contributed by atoms with van der Waals surface area (Å²) in [6, 6.07) is 3.98. The van der Waals surface area contributed by atoms with Gasteiger partial charge in [-0.3, -0.25) is 0 Å². The molecule has 1 aliphatic rings. The summed E-state index contributed by atoms with van der Waals surface area (Å²) < 4.78 is 10.6. The Hall–Kier alpha value is -0.960. The molecule has 1 aromatic rings. The van der Waals surface area contributed by atoms with E-state index in [1.54, 1.807) is 23.9 Å². The van der Waals surface area contributed by atoms with Gasteiger partial charge in [0.05, 0.1) is 4.88 Å². The van der Waals surface area contributed by atoms with Crippen LogP contribution in [0.25, 0.3) is 0 Å². The van der Waals surface area contributed by atoms with E-state index in [0.717, 1.165) is 4.88 Å². The van der Waals surface area contributed by atoms with Gasteiger partial charge in [0.2, 0.25) is 0 Å². The van der Waals surface area contributed by atoms with Crippen LogP contribution in [0.3, 0.4) is 0 Å². The van der Waals surface area contributed by atoms with Crippen molar-refractivity contribution < 1.29 is 9.47 Å². The summed E-state index contributed by atoms with van der Waals surface area (Å²) in [5, 5.41) is 2.01. The standard InChI is InChI=1S/C8H8O2S/c1-8(9-4-5-10-8)7-3-2-6-11-7/h2-6H,1H3. The first kappa shape index (κ1) is 6.73. The van der Waals surface area contributed by atoms with Crippen LogP contribution < -0.4 is 0 Å². The Balaban J connectivity index is 2.29. The Morgan fingerprint density at radius 2 is 2.09 bits per heavy atom. The van der Waals surface area contributed by atoms with Crippen molar-refractivity contribution in [3.05, 3.63) is 34.9 Å². The van der Waals surface area contributed by atoms with Crippen LogP contribution >= 0.6 is 11.3 Å². The molecular formula is C8H8O2S. The molecule has 0 bridgehead atoms. The van der Waals surface area contributed by atoms with Gasteiger partial charge in [-0.15, -0.1) is 11.3 Å².